The number of aliphatic carboxylic acids is 1. The number of hydrogen-bond donors (Lipinski definition) is 2. The highest BCUT2D eigenvalue weighted by Gasteiger charge is 2.28. The van der Waals surface area contributed by atoms with Crippen LogP contribution in [0.4, 0.5) is 0 Å². The number of carbonyl (C=O) groups is 2. The average molecular weight is 258 g/mol. The van der Waals surface area contributed by atoms with Crippen LogP contribution in [0.5, 0.6) is 0 Å². The van der Waals surface area contributed by atoms with Crippen LogP contribution < -0.4 is 5.32 Å². The van der Waals surface area contributed by atoms with E-state index in [1.54, 1.807) is 11.8 Å². The Bertz CT molecular complexity index is 307. The molecule has 2 N–H and O–H groups in total. The zero-order chi connectivity index (χ0) is 12.3. The van der Waals surface area contributed by atoms with Gasteiger partial charge in [-0.25, -0.2) is 0 Å². The molecule has 1 aliphatic heterocycles. The van der Waals surface area contributed by atoms with E-state index in [0.717, 1.165) is 30.9 Å². The highest BCUT2D eigenvalue weighted by Crippen LogP contribution is 2.20. The average Bonchev–Trinajstić information content (AvgIpc) is 3.04. The van der Waals surface area contributed by atoms with Crippen molar-refractivity contribution in [2.24, 2.45) is 0 Å². The van der Waals surface area contributed by atoms with E-state index in [9.17, 15) is 9.59 Å². The maximum Gasteiger partial charge on any atom is 0.304 e. The van der Waals surface area contributed by atoms with Gasteiger partial charge in [-0.1, -0.05) is 0 Å². The van der Waals surface area contributed by atoms with Crippen LogP contribution in [-0.4, -0.2) is 58.6 Å². The van der Waals surface area contributed by atoms with Gasteiger partial charge in [0, 0.05) is 30.1 Å². The predicted octanol–water partition coefficient (Wildman–Crippen LogP) is 0.157. The van der Waals surface area contributed by atoms with Crippen LogP contribution in [0.25, 0.3) is 0 Å². The van der Waals surface area contributed by atoms with E-state index in [-0.39, 0.29) is 18.4 Å². The van der Waals surface area contributed by atoms with Crippen molar-refractivity contribution in [3.05, 3.63) is 0 Å². The zero-order valence-corrected chi connectivity index (χ0v) is 10.5. The first kappa shape index (κ1) is 12.7. The van der Waals surface area contributed by atoms with Crippen LogP contribution in [0.2, 0.25) is 0 Å². The topological polar surface area (TPSA) is 69.6 Å². The van der Waals surface area contributed by atoms with E-state index >= 15 is 0 Å². The molecule has 1 saturated heterocycles. The number of thioether (sulfide) groups is 1. The fraction of sp³-hybridized carbons (Fsp3) is 0.818. The second kappa shape index (κ2) is 5.73. The highest BCUT2D eigenvalue weighted by molar-refractivity contribution is 7.99. The van der Waals surface area contributed by atoms with Crippen LogP contribution in [0.1, 0.15) is 19.3 Å². The van der Waals surface area contributed by atoms with Crippen LogP contribution >= 0.6 is 11.8 Å². The third kappa shape index (κ3) is 4.20. The monoisotopic (exact) mass is 258 g/mol. The quantitative estimate of drug-likeness (QED) is 0.735. The molecule has 2 fully saturated rings. The summed E-state index contributed by atoms with van der Waals surface area (Å²) in [6, 6.07) is 0.371. The van der Waals surface area contributed by atoms with Gasteiger partial charge in [-0.3, -0.25) is 14.5 Å². The molecule has 0 spiro atoms. The number of carboxylic acids is 1. The molecule has 2 aliphatic rings. The lowest BCUT2D eigenvalue weighted by Crippen LogP contribution is -2.48. The SMILES string of the molecule is O=C(O)CC1CSCCN1CC(=O)NC1CC1. The fourth-order valence-electron chi connectivity index (χ4n) is 1.97. The van der Waals surface area contributed by atoms with Gasteiger partial charge in [0.1, 0.15) is 0 Å². The summed E-state index contributed by atoms with van der Waals surface area (Å²) in [6.45, 7) is 1.15. The van der Waals surface area contributed by atoms with Crippen molar-refractivity contribution in [3.63, 3.8) is 0 Å². The summed E-state index contributed by atoms with van der Waals surface area (Å²) in [5, 5.41) is 11.8. The smallest absolute Gasteiger partial charge is 0.304 e. The van der Waals surface area contributed by atoms with E-state index < -0.39 is 5.97 Å². The van der Waals surface area contributed by atoms with Gasteiger partial charge in [0.2, 0.25) is 5.91 Å². The number of rotatable bonds is 5. The van der Waals surface area contributed by atoms with E-state index in [1.165, 1.54) is 0 Å². The van der Waals surface area contributed by atoms with Gasteiger partial charge >= 0.3 is 5.97 Å². The summed E-state index contributed by atoms with van der Waals surface area (Å²) in [4.78, 5) is 24.4. The Balaban J connectivity index is 1.81. The molecular weight excluding hydrogens is 240 g/mol. The Morgan fingerprint density at radius 2 is 2.18 bits per heavy atom. The van der Waals surface area contributed by atoms with Gasteiger partial charge in [0.05, 0.1) is 13.0 Å². The third-order valence-electron chi connectivity index (χ3n) is 3.05. The Hall–Kier alpha value is -0.750. The first-order valence-corrected chi connectivity index (χ1v) is 7.13. The van der Waals surface area contributed by atoms with Gasteiger partial charge in [-0.15, -0.1) is 0 Å². The second-order valence-electron chi connectivity index (χ2n) is 4.64. The van der Waals surface area contributed by atoms with Crippen LogP contribution in [0.15, 0.2) is 0 Å². The Morgan fingerprint density at radius 3 is 2.82 bits per heavy atom. The molecule has 6 heteroatoms. The van der Waals surface area contributed by atoms with Crippen molar-refractivity contribution in [2.75, 3.05) is 24.6 Å². The molecule has 1 unspecified atom stereocenters. The van der Waals surface area contributed by atoms with Crippen molar-refractivity contribution >= 4 is 23.6 Å². The molecule has 17 heavy (non-hydrogen) atoms. The van der Waals surface area contributed by atoms with Crippen molar-refractivity contribution in [3.8, 4) is 0 Å². The molecule has 0 bridgehead atoms. The minimum Gasteiger partial charge on any atom is -0.481 e. The fourth-order valence-corrected chi connectivity index (χ4v) is 3.10. The zero-order valence-electron chi connectivity index (χ0n) is 9.72. The van der Waals surface area contributed by atoms with Crippen LogP contribution in [0, 0.1) is 0 Å². The predicted molar refractivity (Wildman–Crippen MR) is 66.1 cm³/mol. The molecule has 96 valence electrons. The molecule has 1 aliphatic carbocycles. The molecule has 2 rings (SSSR count). The summed E-state index contributed by atoms with van der Waals surface area (Å²) in [5.74, 6) is 1.04. The lowest BCUT2D eigenvalue weighted by molar-refractivity contribution is -0.138. The third-order valence-corrected chi connectivity index (χ3v) is 4.14. The normalized spacial score (nSPS) is 25.5. The number of carbonyl (C=O) groups excluding carboxylic acids is 1. The molecule has 5 nitrogen and oxygen atoms in total. The van der Waals surface area contributed by atoms with Crippen molar-refractivity contribution in [2.45, 2.75) is 31.3 Å². The largest absolute Gasteiger partial charge is 0.481 e. The molecule has 1 amide bonds. The Labute approximate surface area is 105 Å². The van der Waals surface area contributed by atoms with Crippen LogP contribution in [0.3, 0.4) is 0 Å². The standard InChI is InChI=1S/C11H18N2O3S/c14-10(12-8-1-2-8)6-13-3-4-17-7-9(13)5-11(15)16/h8-9H,1-7H2,(H,12,14)(H,15,16). The van der Waals surface area contributed by atoms with Crippen molar-refractivity contribution in [1.82, 2.24) is 10.2 Å². The maximum absolute atomic E-state index is 11.7. The molecule has 0 aromatic heterocycles. The number of nitrogens with one attached hydrogen (secondary N) is 1. The minimum atomic E-state index is -0.787. The van der Waals surface area contributed by atoms with E-state index in [0.29, 0.717) is 12.6 Å². The number of amides is 1. The first-order chi connectivity index (χ1) is 8.15. The molecule has 0 aromatic rings. The minimum absolute atomic E-state index is 0.00352. The maximum atomic E-state index is 11.7. The summed E-state index contributed by atoms with van der Waals surface area (Å²) < 4.78 is 0. The molecule has 0 aromatic carbocycles. The van der Waals surface area contributed by atoms with Gasteiger partial charge in [0.25, 0.3) is 0 Å². The van der Waals surface area contributed by atoms with E-state index in [1.807, 2.05) is 4.90 Å². The second-order valence-corrected chi connectivity index (χ2v) is 5.79. The van der Waals surface area contributed by atoms with Gasteiger partial charge in [0.15, 0.2) is 0 Å². The summed E-state index contributed by atoms with van der Waals surface area (Å²) in [6.07, 6.45) is 2.30. The Kier molecular flexibility index (Phi) is 4.28. The molecule has 1 saturated carbocycles. The number of nitrogens with zero attached hydrogens (tertiary/aromatic N) is 1. The number of carboxylic acid groups (broad SMARTS) is 1. The van der Waals surface area contributed by atoms with E-state index in [2.05, 4.69) is 5.32 Å². The summed E-state index contributed by atoms with van der Waals surface area (Å²) >= 11 is 1.77. The molecular formula is C11H18N2O3S. The first-order valence-electron chi connectivity index (χ1n) is 5.98. The van der Waals surface area contributed by atoms with Crippen molar-refractivity contribution < 1.29 is 14.7 Å². The summed E-state index contributed by atoms with van der Waals surface area (Å²) in [7, 11) is 0. The van der Waals surface area contributed by atoms with Gasteiger partial charge < -0.3 is 10.4 Å². The lowest BCUT2D eigenvalue weighted by atomic mass is 10.2. The van der Waals surface area contributed by atoms with E-state index in [4.69, 9.17) is 5.11 Å². The van der Waals surface area contributed by atoms with Gasteiger partial charge in [-0.2, -0.15) is 11.8 Å². The van der Waals surface area contributed by atoms with Crippen molar-refractivity contribution in [1.29, 1.82) is 0 Å². The molecule has 1 heterocycles. The van der Waals surface area contributed by atoms with Gasteiger partial charge in [-0.05, 0) is 12.8 Å². The summed E-state index contributed by atoms with van der Waals surface area (Å²) in [5.41, 5.74) is 0. The Morgan fingerprint density at radius 1 is 1.41 bits per heavy atom. The number of hydrogen-bond acceptors (Lipinski definition) is 4. The highest BCUT2D eigenvalue weighted by atomic mass is 32.2. The van der Waals surface area contributed by atoms with Crippen LogP contribution in [-0.2, 0) is 9.59 Å². The molecule has 0 radical (unpaired) electrons. The molecule has 1 atom stereocenters. The lowest BCUT2D eigenvalue weighted by Gasteiger charge is -2.33.